The number of amides is 1. The molecule has 0 aliphatic carbocycles. The van der Waals surface area contributed by atoms with Gasteiger partial charge in [-0.25, -0.2) is 9.59 Å². The Balaban J connectivity index is 4.26. The average Bonchev–Trinajstić information content (AvgIpc) is 2.52. The van der Waals surface area contributed by atoms with Crippen molar-refractivity contribution in [2.75, 3.05) is 19.1 Å². The molecule has 0 spiro atoms. The van der Waals surface area contributed by atoms with Crippen LogP contribution in [-0.4, -0.2) is 37.2 Å². The van der Waals surface area contributed by atoms with Crippen LogP contribution in [0.15, 0.2) is 0 Å². The van der Waals surface area contributed by atoms with Crippen LogP contribution in [0, 0.1) is 5.92 Å². The van der Waals surface area contributed by atoms with Crippen molar-refractivity contribution in [1.29, 1.82) is 0 Å². The van der Waals surface area contributed by atoms with Crippen molar-refractivity contribution >= 4 is 23.7 Å². The maximum Gasteiger partial charge on any atom is 0.407 e. The van der Waals surface area contributed by atoms with Gasteiger partial charge >= 0.3 is 12.1 Å². The first-order valence-electron chi connectivity index (χ1n) is 8.67. The Kier molecular flexibility index (Phi) is 14.0. The summed E-state index contributed by atoms with van der Waals surface area (Å²) in [6, 6.07) is -0.645. The van der Waals surface area contributed by atoms with Crippen LogP contribution in [0.1, 0.15) is 65.7 Å². The van der Waals surface area contributed by atoms with Crippen LogP contribution >= 0.6 is 11.6 Å². The smallest absolute Gasteiger partial charge is 0.407 e. The van der Waals surface area contributed by atoms with E-state index in [4.69, 9.17) is 21.1 Å². The van der Waals surface area contributed by atoms with Crippen LogP contribution in [0.4, 0.5) is 4.79 Å². The van der Waals surface area contributed by atoms with E-state index in [2.05, 4.69) is 26.1 Å². The van der Waals surface area contributed by atoms with Crippen LogP contribution in [0.3, 0.4) is 0 Å². The molecule has 0 aliphatic heterocycles. The Labute approximate surface area is 145 Å². The SMILES string of the molecule is CCCCCCC(NC(=O)OCCCl)C(=O)OCCCC(C)C. The lowest BCUT2D eigenvalue weighted by molar-refractivity contribution is -0.146. The van der Waals surface area contributed by atoms with Crippen LogP contribution in [-0.2, 0) is 14.3 Å². The van der Waals surface area contributed by atoms with Crippen molar-refractivity contribution in [1.82, 2.24) is 5.32 Å². The molecule has 5 nitrogen and oxygen atoms in total. The van der Waals surface area contributed by atoms with Gasteiger partial charge in [0.05, 0.1) is 12.5 Å². The highest BCUT2D eigenvalue weighted by Gasteiger charge is 2.22. The van der Waals surface area contributed by atoms with E-state index >= 15 is 0 Å². The zero-order chi connectivity index (χ0) is 17.5. The van der Waals surface area contributed by atoms with E-state index in [-0.39, 0.29) is 18.5 Å². The minimum absolute atomic E-state index is 0.124. The third-order valence-corrected chi connectivity index (χ3v) is 3.56. The first-order valence-corrected chi connectivity index (χ1v) is 9.20. The van der Waals surface area contributed by atoms with Crippen LogP contribution in [0.5, 0.6) is 0 Å². The Hall–Kier alpha value is -0.970. The molecule has 0 rings (SSSR count). The van der Waals surface area contributed by atoms with Gasteiger partial charge in [-0.05, 0) is 25.2 Å². The average molecular weight is 350 g/mol. The summed E-state index contributed by atoms with van der Waals surface area (Å²) in [6.45, 7) is 6.90. The van der Waals surface area contributed by atoms with Crippen molar-refractivity contribution in [3.63, 3.8) is 0 Å². The van der Waals surface area contributed by atoms with Gasteiger partial charge in [0, 0.05) is 0 Å². The van der Waals surface area contributed by atoms with Gasteiger partial charge in [0.15, 0.2) is 0 Å². The molecule has 1 atom stereocenters. The predicted molar refractivity (Wildman–Crippen MR) is 92.8 cm³/mol. The maximum absolute atomic E-state index is 12.1. The Morgan fingerprint density at radius 2 is 1.74 bits per heavy atom. The lowest BCUT2D eigenvalue weighted by Gasteiger charge is -2.17. The molecule has 0 radical (unpaired) electrons. The highest BCUT2D eigenvalue weighted by atomic mass is 35.5. The van der Waals surface area contributed by atoms with E-state index in [1.165, 1.54) is 0 Å². The molecule has 0 bridgehead atoms. The number of rotatable bonds is 13. The third kappa shape index (κ3) is 13.2. The van der Waals surface area contributed by atoms with Crippen molar-refractivity contribution in [2.24, 2.45) is 5.92 Å². The standard InChI is InChI=1S/C17H32ClNO4/c1-4-5-6-7-10-15(19-17(21)23-13-11-18)16(20)22-12-8-9-14(2)3/h14-15H,4-13H2,1-3H3,(H,19,21). The number of unbranched alkanes of at least 4 members (excludes halogenated alkanes) is 3. The second-order valence-corrected chi connectivity index (χ2v) is 6.45. The summed E-state index contributed by atoms with van der Waals surface area (Å²) in [5.74, 6) is 0.434. The van der Waals surface area contributed by atoms with Gasteiger partial charge in [-0.15, -0.1) is 11.6 Å². The van der Waals surface area contributed by atoms with E-state index in [9.17, 15) is 9.59 Å². The number of alkyl halides is 1. The second-order valence-electron chi connectivity index (χ2n) is 6.07. The van der Waals surface area contributed by atoms with Gasteiger partial charge < -0.3 is 14.8 Å². The van der Waals surface area contributed by atoms with Gasteiger partial charge in [0.2, 0.25) is 0 Å². The Bertz CT molecular complexity index is 324. The number of carbonyl (C=O) groups excluding carboxylic acids is 2. The largest absolute Gasteiger partial charge is 0.464 e. The number of nitrogens with one attached hydrogen (secondary N) is 1. The van der Waals surface area contributed by atoms with Crippen LogP contribution in [0.25, 0.3) is 0 Å². The minimum atomic E-state index is -0.645. The van der Waals surface area contributed by atoms with E-state index in [1.807, 2.05) is 0 Å². The van der Waals surface area contributed by atoms with Gasteiger partial charge in [0.1, 0.15) is 12.6 Å². The highest BCUT2D eigenvalue weighted by Crippen LogP contribution is 2.09. The number of hydrogen-bond donors (Lipinski definition) is 1. The first-order chi connectivity index (χ1) is 11.0. The summed E-state index contributed by atoms with van der Waals surface area (Å²) >= 11 is 5.48. The summed E-state index contributed by atoms with van der Waals surface area (Å²) in [7, 11) is 0. The molecule has 136 valence electrons. The van der Waals surface area contributed by atoms with E-state index in [0.717, 1.165) is 38.5 Å². The molecule has 0 heterocycles. The zero-order valence-corrected chi connectivity index (χ0v) is 15.5. The van der Waals surface area contributed by atoms with Gasteiger partial charge in [0.25, 0.3) is 0 Å². The molecular formula is C17H32ClNO4. The maximum atomic E-state index is 12.1. The van der Waals surface area contributed by atoms with Crippen molar-refractivity contribution in [2.45, 2.75) is 71.8 Å². The number of ether oxygens (including phenoxy) is 2. The molecule has 1 amide bonds. The van der Waals surface area contributed by atoms with Crippen LogP contribution in [0.2, 0.25) is 0 Å². The molecule has 0 saturated heterocycles. The molecule has 23 heavy (non-hydrogen) atoms. The minimum Gasteiger partial charge on any atom is -0.464 e. The fourth-order valence-corrected chi connectivity index (χ4v) is 2.18. The van der Waals surface area contributed by atoms with Gasteiger partial charge in [-0.2, -0.15) is 0 Å². The van der Waals surface area contributed by atoms with E-state index in [1.54, 1.807) is 0 Å². The molecular weight excluding hydrogens is 318 g/mol. The molecule has 0 aromatic rings. The monoisotopic (exact) mass is 349 g/mol. The quantitative estimate of drug-likeness (QED) is 0.306. The molecule has 6 heteroatoms. The summed E-state index contributed by atoms with van der Waals surface area (Å²) in [6.07, 6.45) is 5.94. The topological polar surface area (TPSA) is 64.6 Å². The second kappa shape index (κ2) is 14.6. The fraction of sp³-hybridized carbons (Fsp3) is 0.882. The molecule has 0 saturated carbocycles. The van der Waals surface area contributed by atoms with E-state index in [0.29, 0.717) is 18.9 Å². The number of carbonyl (C=O) groups is 2. The summed E-state index contributed by atoms with van der Waals surface area (Å²) in [5.41, 5.74) is 0. The van der Waals surface area contributed by atoms with Crippen LogP contribution < -0.4 is 5.32 Å². The van der Waals surface area contributed by atoms with Crippen molar-refractivity contribution in [3.05, 3.63) is 0 Å². The number of alkyl carbamates (subject to hydrolysis) is 1. The molecule has 0 fully saturated rings. The lowest BCUT2D eigenvalue weighted by atomic mass is 10.1. The summed E-state index contributed by atoms with van der Waals surface area (Å²) in [4.78, 5) is 23.8. The Morgan fingerprint density at radius 3 is 2.35 bits per heavy atom. The number of hydrogen-bond acceptors (Lipinski definition) is 4. The molecule has 0 aromatic heterocycles. The molecule has 1 N–H and O–H groups in total. The zero-order valence-electron chi connectivity index (χ0n) is 14.7. The Morgan fingerprint density at radius 1 is 1.00 bits per heavy atom. The summed E-state index contributed by atoms with van der Waals surface area (Å²) in [5, 5.41) is 2.58. The molecule has 0 aromatic carbocycles. The van der Waals surface area contributed by atoms with Gasteiger partial charge in [-0.3, -0.25) is 0 Å². The highest BCUT2D eigenvalue weighted by molar-refractivity contribution is 6.18. The third-order valence-electron chi connectivity index (χ3n) is 3.40. The fourth-order valence-electron chi connectivity index (χ4n) is 2.10. The summed E-state index contributed by atoms with van der Waals surface area (Å²) < 4.78 is 10.1. The lowest BCUT2D eigenvalue weighted by Crippen LogP contribution is -2.42. The number of esters is 1. The molecule has 1 unspecified atom stereocenters. The number of halogens is 1. The van der Waals surface area contributed by atoms with Crippen molar-refractivity contribution < 1.29 is 19.1 Å². The van der Waals surface area contributed by atoms with Crippen molar-refractivity contribution in [3.8, 4) is 0 Å². The first kappa shape index (κ1) is 22.0. The van der Waals surface area contributed by atoms with Gasteiger partial charge in [-0.1, -0.05) is 46.5 Å². The predicted octanol–water partition coefficient (Wildman–Crippen LogP) is 4.27. The molecule has 0 aliphatic rings. The normalized spacial score (nSPS) is 12.0. The van der Waals surface area contributed by atoms with E-state index < -0.39 is 12.1 Å².